The monoisotopic (exact) mass is 383 g/mol. The Morgan fingerprint density at radius 3 is 2.72 bits per heavy atom. The molecule has 4 aromatic rings. The molecule has 0 aromatic carbocycles. The van der Waals surface area contributed by atoms with Crippen LogP contribution < -0.4 is 0 Å². The molecule has 0 spiro atoms. The Balaban J connectivity index is 1.97. The zero-order chi connectivity index (χ0) is 20.6. The maximum absolute atomic E-state index is 9.33. The Hall–Kier alpha value is -4.15. The number of rotatable bonds is 4. The molecule has 0 saturated carbocycles. The van der Waals surface area contributed by atoms with Crippen LogP contribution in [0.15, 0.2) is 54.0 Å². The largest absolute Gasteiger partial charge is 0.297 e. The van der Waals surface area contributed by atoms with Crippen LogP contribution in [0.1, 0.15) is 30.9 Å². The first kappa shape index (κ1) is 18.2. The fourth-order valence-electron chi connectivity index (χ4n) is 3.08. The number of hydrogen-bond acceptors (Lipinski definition) is 5. The Labute approximate surface area is 166 Å². The summed E-state index contributed by atoms with van der Waals surface area (Å²) in [6, 6.07) is 11.6. The van der Waals surface area contributed by atoms with Crippen LogP contribution in [-0.2, 0) is 5.54 Å². The molecule has 142 valence electrons. The van der Waals surface area contributed by atoms with Crippen LogP contribution in [0.3, 0.4) is 0 Å². The van der Waals surface area contributed by atoms with Gasteiger partial charge >= 0.3 is 0 Å². The van der Waals surface area contributed by atoms with E-state index in [-0.39, 0.29) is 0 Å². The van der Waals surface area contributed by atoms with E-state index in [4.69, 9.17) is 10.5 Å². The molecule has 0 saturated heterocycles. The first-order chi connectivity index (χ1) is 13.9. The third-order valence-electron chi connectivity index (χ3n) is 4.63. The van der Waals surface area contributed by atoms with E-state index in [1.54, 1.807) is 18.2 Å². The molecule has 0 N–H and O–H groups in total. The van der Waals surface area contributed by atoms with Crippen molar-refractivity contribution < 1.29 is 0 Å². The lowest BCUT2D eigenvalue weighted by atomic mass is 10.0. The molecule has 4 rings (SSSR count). The lowest BCUT2D eigenvalue weighted by Gasteiger charge is -2.13. The average molecular weight is 383 g/mol. The summed E-state index contributed by atoms with van der Waals surface area (Å²) in [5, 5.41) is 13.2. The number of imidazole rings is 2. The number of aryl methyl sites for hydroxylation is 1. The topological polar surface area (TPSA) is 121 Å². The summed E-state index contributed by atoms with van der Waals surface area (Å²) in [5.74, 6) is 0.614. The standard InChI is InChI=1S/C20H17N9/c1-13-5-4-6-16(24-13)19-25-17(20(2,3)26-27-22)12-29(19)14-7-8-18-23-10-15(9-21)28(18)11-14/h4-8,10-12H,1-3H3. The molecular formula is C20H17N9. The van der Waals surface area contributed by atoms with Gasteiger partial charge in [-0.3, -0.25) is 8.97 Å². The minimum Gasteiger partial charge on any atom is -0.297 e. The van der Waals surface area contributed by atoms with E-state index >= 15 is 0 Å². The highest BCUT2D eigenvalue weighted by Gasteiger charge is 2.25. The number of pyridine rings is 2. The summed E-state index contributed by atoms with van der Waals surface area (Å²) in [5.41, 5.74) is 12.2. The molecule has 0 fully saturated rings. The van der Waals surface area contributed by atoms with Crippen molar-refractivity contribution in [3.63, 3.8) is 0 Å². The molecule has 0 aliphatic rings. The van der Waals surface area contributed by atoms with E-state index < -0.39 is 5.54 Å². The number of hydrogen-bond donors (Lipinski definition) is 0. The molecule has 0 aliphatic heterocycles. The molecule has 0 amide bonds. The second-order valence-electron chi connectivity index (χ2n) is 7.10. The molecule has 0 radical (unpaired) electrons. The molecular weight excluding hydrogens is 366 g/mol. The SMILES string of the molecule is Cc1cccc(-c2nc(C(C)(C)N=[N+]=[N-])cn2-c2ccc3ncc(C#N)n3c2)n1. The van der Waals surface area contributed by atoms with Crippen molar-refractivity contribution in [3.05, 3.63) is 76.4 Å². The third kappa shape index (κ3) is 3.18. The van der Waals surface area contributed by atoms with Gasteiger partial charge < -0.3 is 0 Å². The first-order valence-electron chi connectivity index (χ1n) is 8.90. The summed E-state index contributed by atoms with van der Waals surface area (Å²) >= 11 is 0. The molecule has 0 bridgehead atoms. The normalized spacial score (nSPS) is 11.2. The molecule has 4 aromatic heterocycles. The molecule has 29 heavy (non-hydrogen) atoms. The minimum absolute atomic E-state index is 0.437. The highest BCUT2D eigenvalue weighted by atomic mass is 15.2. The zero-order valence-corrected chi connectivity index (χ0v) is 16.1. The van der Waals surface area contributed by atoms with Gasteiger partial charge in [-0.2, -0.15) is 5.26 Å². The predicted molar refractivity (Wildman–Crippen MR) is 107 cm³/mol. The van der Waals surface area contributed by atoms with Crippen molar-refractivity contribution in [3.8, 4) is 23.3 Å². The van der Waals surface area contributed by atoms with Crippen molar-refractivity contribution in [2.45, 2.75) is 26.3 Å². The Morgan fingerprint density at radius 1 is 1.17 bits per heavy atom. The maximum Gasteiger partial charge on any atom is 0.163 e. The number of nitrogens with zero attached hydrogens (tertiary/aromatic N) is 9. The van der Waals surface area contributed by atoms with Crippen LogP contribution in [0, 0.1) is 18.3 Å². The van der Waals surface area contributed by atoms with Gasteiger partial charge in [0.05, 0.1) is 23.1 Å². The maximum atomic E-state index is 9.33. The van der Waals surface area contributed by atoms with Gasteiger partial charge in [0.1, 0.15) is 23.1 Å². The summed E-state index contributed by atoms with van der Waals surface area (Å²) in [7, 11) is 0. The van der Waals surface area contributed by atoms with E-state index in [9.17, 15) is 5.26 Å². The Bertz CT molecular complexity index is 1310. The number of azide groups is 1. The van der Waals surface area contributed by atoms with Gasteiger partial charge in [-0.1, -0.05) is 11.2 Å². The van der Waals surface area contributed by atoms with Crippen molar-refractivity contribution in [2.75, 3.05) is 0 Å². The molecule has 9 nitrogen and oxygen atoms in total. The van der Waals surface area contributed by atoms with E-state index in [1.807, 2.05) is 54.2 Å². The van der Waals surface area contributed by atoms with Crippen LogP contribution in [0.2, 0.25) is 0 Å². The van der Waals surface area contributed by atoms with Gasteiger partial charge in [0.2, 0.25) is 0 Å². The number of aromatic nitrogens is 5. The summed E-state index contributed by atoms with van der Waals surface area (Å²) < 4.78 is 3.60. The van der Waals surface area contributed by atoms with E-state index in [2.05, 4.69) is 26.1 Å². The summed E-state index contributed by atoms with van der Waals surface area (Å²) in [6.45, 7) is 5.53. The smallest absolute Gasteiger partial charge is 0.163 e. The first-order valence-corrected chi connectivity index (χ1v) is 8.90. The summed E-state index contributed by atoms with van der Waals surface area (Å²) in [4.78, 5) is 16.5. The van der Waals surface area contributed by atoms with Gasteiger partial charge in [-0.25, -0.2) is 15.0 Å². The second-order valence-corrected chi connectivity index (χ2v) is 7.10. The van der Waals surface area contributed by atoms with Crippen molar-refractivity contribution in [1.82, 2.24) is 23.9 Å². The van der Waals surface area contributed by atoms with Gasteiger partial charge in [-0.15, -0.1) is 0 Å². The zero-order valence-electron chi connectivity index (χ0n) is 16.1. The molecule has 0 unspecified atom stereocenters. The molecule has 0 aliphatic carbocycles. The van der Waals surface area contributed by atoms with Crippen LogP contribution in [0.25, 0.3) is 33.3 Å². The summed E-state index contributed by atoms with van der Waals surface area (Å²) in [6.07, 6.45) is 5.19. The van der Waals surface area contributed by atoms with Gasteiger partial charge in [0.15, 0.2) is 5.82 Å². The van der Waals surface area contributed by atoms with Crippen LogP contribution in [-0.4, -0.2) is 23.9 Å². The third-order valence-corrected chi connectivity index (χ3v) is 4.63. The van der Waals surface area contributed by atoms with Crippen molar-refractivity contribution >= 4 is 5.65 Å². The lowest BCUT2D eigenvalue weighted by molar-refractivity contribution is 0.534. The van der Waals surface area contributed by atoms with Crippen LogP contribution >= 0.6 is 0 Å². The number of fused-ring (bicyclic) bond motifs is 1. The van der Waals surface area contributed by atoms with Gasteiger partial charge in [-0.05, 0) is 50.6 Å². The van der Waals surface area contributed by atoms with Crippen molar-refractivity contribution in [2.24, 2.45) is 5.11 Å². The van der Waals surface area contributed by atoms with Crippen LogP contribution in [0.4, 0.5) is 0 Å². The fourth-order valence-corrected chi connectivity index (χ4v) is 3.08. The van der Waals surface area contributed by atoms with E-state index in [0.29, 0.717) is 28.6 Å². The molecule has 4 heterocycles. The number of nitriles is 1. The van der Waals surface area contributed by atoms with E-state index in [1.165, 1.54) is 6.20 Å². The fraction of sp³-hybridized carbons (Fsp3) is 0.200. The quantitative estimate of drug-likeness (QED) is 0.296. The molecule has 0 atom stereocenters. The van der Waals surface area contributed by atoms with Gasteiger partial charge in [0, 0.05) is 23.0 Å². The lowest BCUT2D eigenvalue weighted by Crippen LogP contribution is -2.13. The Kier molecular flexibility index (Phi) is 4.26. The predicted octanol–water partition coefficient (Wildman–Crippen LogP) is 4.31. The minimum atomic E-state index is -0.838. The highest BCUT2D eigenvalue weighted by Crippen LogP contribution is 2.30. The molecule has 9 heteroatoms. The van der Waals surface area contributed by atoms with Crippen molar-refractivity contribution in [1.29, 1.82) is 5.26 Å². The van der Waals surface area contributed by atoms with E-state index in [0.717, 1.165) is 11.4 Å². The van der Waals surface area contributed by atoms with Crippen LogP contribution in [0.5, 0.6) is 0 Å². The Morgan fingerprint density at radius 2 is 2.00 bits per heavy atom. The average Bonchev–Trinajstić information content (AvgIpc) is 3.32. The second kappa shape index (κ2) is 6.78. The highest BCUT2D eigenvalue weighted by molar-refractivity contribution is 5.57. The van der Waals surface area contributed by atoms with Gasteiger partial charge in [0.25, 0.3) is 0 Å².